The first kappa shape index (κ1) is 24.0. The molecule has 0 saturated carbocycles. The quantitative estimate of drug-likeness (QED) is 0.593. The first-order valence-electron chi connectivity index (χ1n) is 10.1. The number of benzene rings is 1. The number of carbonyl (C=O) groups excluding carboxylic acids is 1. The van der Waals surface area contributed by atoms with Crippen molar-refractivity contribution in [2.75, 3.05) is 17.7 Å². The molecule has 1 atom stereocenters. The Kier molecular flexibility index (Phi) is 5.60. The predicted octanol–water partition coefficient (Wildman–Crippen LogP) is 2.73. The summed E-state index contributed by atoms with van der Waals surface area (Å²) in [6.07, 6.45) is -4.09. The molecule has 0 bridgehead atoms. The molecule has 1 aromatic carbocycles. The molecule has 2 aliphatic rings. The van der Waals surface area contributed by atoms with Gasteiger partial charge in [-0.1, -0.05) is 6.07 Å². The van der Waals surface area contributed by atoms with E-state index in [1.807, 2.05) is 0 Å². The summed E-state index contributed by atoms with van der Waals surface area (Å²) in [4.78, 5) is 16.3. The zero-order chi connectivity index (χ0) is 24.9. The molecule has 182 valence electrons. The third-order valence-electron chi connectivity index (χ3n) is 5.87. The zero-order valence-corrected chi connectivity index (χ0v) is 18.9. The van der Waals surface area contributed by atoms with Crippen molar-refractivity contribution in [2.45, 2.75) is 37.1 Å². The number of ether oxygens (including phenoxy) is 2. The number of amidine groups is 1. The second kappa shape index (κ2) is 7.94. The number of hydrogen-bond acceptors (Lipinski definition) is 7. The summed E-state index contributed by atoms with van der Waals surface area (Å²) in [6.45, 7) is 3.16. The number of fused-ring (bicyclic) bond motifs is 2. The van der Waals surface area contributed by atoms with E-state index >= 15 is 0 Å². The smallest absolute Gasteiger partial charge is 0.404 e. The molecule has 1 amide bonds. The van der Waals surface area contributed by atoms with Gasteiger partial charge in [-0.05, 0) is 49.2 Å². The van der Waals surface area contributed by atoms with Gasteiger partial charge in [-0.2, -0.15) is 0 Å². The van der Waals surface area contributed by atoms with Crippen molar-refractivity contribution in [3.8, 4) is 5.75 Å². The topological polar surface area (TPSA) is 130 Å². The lowest BCUT2D eigenvalue weighted by Gasteiger charge is -2.47. The number of sulfone groups is 1. The number of pyridine rings is 1. The molecule has 2 aliphatic heterocycles. The minimum atomic E-state index is -4.87. The molecule has 3 N–H and O–H groups in total. The Morgan fingerprint density at radius 3 is 2.62 bits per heavy atom. The summed E-state index contributed by atoms with van der Waals surface area (Å²) in [6, 6.07) is 6.93. The maximum Gasteiger partial charge on any atom is 0.573 e. The summed E-state index contributed by atoms with van der Waals surface area (Å²) in [5, 5.41) is 13.9. The van der Waals surface area contributed by atoms with E-state index < -0.39 is 38.1 Å². The van der Waals surface area contributed by atoms with Crippen LogP contribution >= 0.6 is 0 Å². The molecule has 1 aromatic heterocycles. The number of amides is 1. The summed E-state index contributed by atoms with van der Waals surface area (Å²) in [5.74, 6) is -1.70. The molecular weight excluding hydrogens is 477 g/mol. The highest BCUT2D eigenvalue weighted by molar-refractivity contribution is 7.93. The monoisotopic (exact) mass is 498 g/mol. The van der Waals surface area contributed by atoms with E-state index in [0.717, 1.165) is 18.3 Å². The van der Waals surface area contributed by atoms with E-state index in [9.17, 15) is 26.4 Å². The second-order valence-corrected chi connectivity index (χ2v) is 11.1. The average Bonchev–Trinajstić information content (AvgIpc) is 2.72. The van der Waals surface area contributed by atoms with Gasteiger partial charge in [0, 0.05) is 5.69 Å². The summed E-state index contributed by atoms with van der Waals surface area (Å²) in [7, 11) is -3.71. The van der Waals surface area contributed by atoms with Gasteiger partial charge >= 0.3 is 6.36 Å². The lowest BCUT2D eigenvalue weighted by molar-refractivity contribution is -0.274. The largest absolute Gasteiger partial charge is 0.573 e. The van der Waals surface area contributed by atoms with Gasteiger partial charge in [-0.25, -0.2) is 13.4 Å². The Morgan fingerprint density at radius 2 is 2.00 bits per heavy atom. The fourth-order valence-corrected chi connectivity index (χ4v) is 5.53. The average molecular weight is 498 g/mol. The van der Waals surface area contributed by atoms with Crippen LogP contribution in [0.1, 0.15) is 35.5 Å². The number of alkyl halides is 3. The molecule has 1 saturated heterocycles. The first-order chi connectivity index (χ1) is 15.7. The van der Waals surface area contributed by atoms with Gasteiger partial charge in [-0.3, -0.25) is 10.2 Å². The van der Waals surface area contributed by atoms with Crippen LogP contribution in [-0.2, 0) is 26.7 Å². The van der Waals surface area contributed by atoms with Crippen LogP contribution in [0.2, 0.25) is 0 Å². The van der Waals surface area contributed by atoms with Crippen molar-refractivity contribution in [1.82, 2.24) is 10.3 Å². The Bertz CT molecular complexity index is 1260. The van der Waals surface area contributed by atoms with Gasteiger partial charge in [0.1, 0.15) is 27.6 Å². The van der Waals surface area contributed by atoms with Crippen molar-refractivity contribution < 1.29 is 35.9 Å². The van der Waals surface area contributed by atoms with Crippen molar-refractivity contribution >= 4 is 27.3 Å². The number of halogens is 3. The molecule has 1 spiro atoms. The number of carbonyl (C=O) groups is 1. The maximum absolute atomic E-state index is 13.0. The van der Waals surface area contributed by atoms with Crippen LogP contribution < -0.4 is 15.4 Å². The van der Waals surface area contributed by atoms with Crippen LogP contribution in [-0.4, -0.2) is 48.6 Å². The predicted molar refractivity (Wildman–Crippen MR) is 115 cm³/mol. The minimum Gasteiger partial charge on any atom is -0.404 e. The Balaban J connectivity index is 1.60. The highest BCUT2D eigenvalue weighted by Crippen LogP contribution is 2.39. The van der Waals surface area contributed by atoms with E-state index in [1.165, 1.54) is 13.8 Å². The molecule has 0 unspecified atom stereocenters. The molecule has 3 heterocycles. The van der Waals surface area contributed by atoms with E-state index in [-0.39, 0.29) is 30.5 Å². The number of nitrogens with zero attached hydrogens (tertiary/aromatic N) is 1. The van der Waals surface area contributed by atoms with Gasteiger partial charge in [-0.15, -0.1) is 13.2 Å². The number of rotatable bonds is 3. The maximum atomic E-state index is 13.0. The molecule has 4 rings (SSSR count). The van der Waals surface area contributed by atoms with Gasteiger partial charge < -0.3 is 20.1 Å². The second-order valence-electron chi connectivity index (χ2n) is 8.60. The first-order valence-corrected chi connectivity index (χ1v) is 11.7. The highest BCUT2D eigenvalue weighted by Gasteiger charge is 2.54. The fourth-order valence-electron chi connectivity index (χ4n) is 3.85. The van der Waals surface area contributed by atoms with E-state index in [4.69, 9.17) is 10.1 Å². The molecule has 1 fully saturated rings. The fraction of sp³-hybridized carbons (Fsp3) is 0.381. The Hall–Kier alpha value is -3.19. The zero-order valence-electron chi connectivity index (χ0n) is 18.1. The van der Waals surface area contributed by atoms with Crippen LogP contribution in [0.4, 0.5) is 18.9 Å². The lowest BCUT2D eigenvalue weighted by atomic mass is 9.85. The van der Waals surface area contributed by atoms with Crippen LogP contribution in [0.15, 0.2) is 36.5 Å². The van der Waals surface area contributed by atoms with E-state index in [0.29, 0.717) is 16.8 Å². The van der Waals surface area contributed by atoms with Crippen molar-refractivity contribution in [2.24, 2.45) is 0 Å². The Labute approximate surface area is 193 Å². The lowest BCUT2D eigenvalue weighted by Crippen LogP contribution is -2.67. The molecular formula is C21H21F3N4O5S. The number of hydrogen-bond donors (Lipinski definition) is 3. The normalized spacial score (nSPS) is 23.0. The number of anilines is 1. The van der Waals surface area contributed by atoms with Gasteiger partial charge in [0.25, 0.3) is 5.91 Å². The summed E-state index contributed by atoms with van der Waals surface area (Å²) < 4.78 is 70.8. The Morgan fingerprint density at radius 1 is 1.26 bits per heavy atom. The molecule has 2 aromatic rings. The summed E-state index contributed by atoms with van der Waals surface area (Å²) in [5.41, 5.74) is 0.243. The van der Waals surface area contributed by atoms with Crippen LogP contribution in [0.5, 0.6) is 5.75 Å². The van der Waals surface area contributed by atoms with Gasteiger partial charge in [0.2, 0.25) is 0 Å². The molecule has 13 heteroatoms. The van der Waals surface area contributed by atoms with Crippen LogP contribution in [0.25, 0.3) is 0 Å². The standard InChI is InChI=1S/C21H21F3N4O5S/c1-19(2)18(25)28-20(11-34(19,30)31)10-32-9-12-3-4-13(7-15(12)20)27-17(29)16-6-5-14(8-26-16)33-21(22,23)24/h3-8H,9-11H2,1-2H3,(H2,25,28)(H,27,29)/t20-/m0/s1. The number of aromatic nitrogens is 1. The van der Waals surface area contributed by atoms with Gasteiger partial charge in [0.15, 0.2) is 9.84 Å². The van der Waals surface area contributed by atoms with Crippen LogP contribution in [0.3, 0.4) is 0 Å². The summed E-state index contributed by atoms with van der Waals surface area (Å²) >= 11 is 0. The molecule has 34 heavy (non-hydrogen) atoms. The SMILES string of the molecule is CC1(C)C(=N)N[C@@]2(COCc3ccc(NC(=O)c4ccc(OC(F)(F)F)cn4)cc32)CS1(=O)=O. The third-order valence-corrected chi connectivity index (χ3v) is 8.50. The van der Waals surface area contributed by atoms with Gasteiger partial charge in [0.05, 0.1) is 25.2 Å². The van der Waals surface area contributed by atoms with Crippen molar-refractivity contribution in [3.63, 3.8) is 0 Å². The molecule has 9 nitrogen and oxygen atoms in total. The van der Waals surface area contributed by atoms with Crippen molar-refractivity contribution in [3.05, 3.63) is 53.3 Å². The highest BCUT2D eigenvalue weighted by atomic mass is 32.2. The van der Waals surface area contributed by atoms with Crippen LogP contribution in [0, 0.1) is 5.41 Å². The van der Waals surface area contributed by atoms with E-state index in [1.54, 1.807) is 18.2 Å². The van der Waals surface area contributed by atoms with E-state index in [2.05, 4.69) is 20.4 Å². The number of nitrogens with one attached hydrogen (secondary N) is 3. The van der Waals surface area contributed by atoms with Crippen molar-refractivity contribution in [1.29, 1.82) is 5.41 Å². The molecule has 0 aliphatic carbocycles. The minimum absolute atomic E-state index is 0.0112. The third kappa shape index (κ3) is 4.32. The molecule has 0 radical (unpaired) electrons.